The lowest BCUT2D eigenvalue weighted by Gasteiger charge is -2.32. The summed E-state index contributed by atoms with van der Waals surface area (Å²) in [6.45, 7) is 7.19. The maximum absolute atomic E-state index is 13.6. The molecule has 12 heteroatoms. The van der Waals surface area contributed by atoms with E-state index >= 15 is 0 Å². The molecule has 0 aromatic heterocycles. The fraction of sp³-hybridized carbons (Fsp3) is 0.500. The normalized spacial score (nSPS) is 13.6. The fourth-order valence-corrected chi connectivity index (χ4v) is 5.86. The molecule has 220 valence electrons. The minimum absolute atomic E-state index is 0.00655. The number of hydrogen-bond acceptors (Lipinski definition) is 6. The summed E-state index contributed by atoms with van der Waals surface area (Å²) in [6.07, 6.45) is 1.72. The number of rotatable bonds is 13. The lowest BCUT2D eigenvalue weighted by atomic mass is 10.1. The first-order chi connectivity index (χ1) is 18.9. The van der Waals surface area contributed by atoms with Gasteiger partial charge in [0.15, 0.2) is 11.5 Å². The average molecular weight is 615 g/mol. The number of nitrogens with zero attached hydrogens (tertiary/aromatic N) is 2. The second-order valence-corrected chi connectivity index (χ2v) is 12.8. The van der Waals surface area contributed by atoms with Crippen LogP contribution in [0.5, 0.6) is 11.5 Å². The predicted molar refractivity (Wildman–Crippen MR) is 158 cm³/mol. The van der Waals surface area contributed by atoms with Crippen molar-refractivity contribution in [1.29, 1.82) is 0 Å². The van der Waals surface area contributed by atoms with Gasteiger partial charge in [-0.1, -0.05) is 50.0 Å². The Morgan fingerprint density at radius 3 is 2.30 bits per heavy atom. The van der Waals surface area contributed by atoms with Crippen molar-refractivity contribution < 1.29 is 27.5 Å². The van der Waals surface area contributed by atoms with Crippen molar-refractivity contribution in [2.75, 3.05) is 36.9 Å². The number of amides is 2. The zero-order valence-corrected chi connectivity index (χ0v) is 25.6. The number of benzene rings is 2. The Balaban J connectivity index is 1.80. The predicted octanol–water partition coefficient (Wildman–Crippen LogP) is 4.89. The standard InChI is InChI=1S/C28H37Cl2N3O6S/c1-5-24(28(35)31-17-19(2)3)32(18-21-22(29)8-6-9-23(21)30)27(34)10-7-13-33(40(4,36)37)20-11-12-25-26(16-20)39-15-14-38-25/h6,8-9,11-12,16,19,24H,5,7,10,13-15,17-18H2,1-4H3,(H,31,35)/t24-/m0/s1. The van der Waals surface area contributed by atoms with Gasteiger partial charge >= 0.3 is 0 Å². The molecule has 1 atom stereocenters. The molecule has 0 bridgehead atoms. The molecular weight excluding hydrogens is 577 g/mol. The van der Waals surface area contributed by atoms with E-state index in [9.17, 15) is 18.0 Å². The van der Waals surface area contributed by atoms with Crippen LogP contribution in [0.4, 0.5) is 5.69 Å². The van der Waals surface area contributed by atoms with E-state index in [-0.39, 0.29) is 43.7 Å². The van der Waals surface area contributed by atoms with E-state index in [1.165, 1.54) is 9.21 Å². The number of carbonyl (C=O) groups excluding carboxylic acids is 2. The van der Waals surface area contributed by atoms with Gasteiger partial charge in [0, 0.05) is 47.7 Å². The topological polar surface area (TPSA) is 105 Å². The van der Waals surface area contributed by atoms with Crippen LogP contribution in [0.3, 0.4) is 0 Å². The molecule has 9 nitrogen and oxygen atoms in total. The number of anilines is 1. The Labute approximate surface area is 246 Å². The highest BCUT2D eigenvalue weighted by Gasteiger charge is 2.30. The molecule has 1 N–H and O–H groups in total. The molecule has 0 saturated carbocycles. The Hall–Kier alpha value is -2.69. The first-order valence-electron chi connectivity index (χ1n) is 13.3. The van der Waals surface area contributed by atoms with Crippen molar-refractivity contribution >= 4 is 50.7 Å². The van der Waals surface area contributed by atoms with Crippen LogP contribution in [0.15, 0.2) is 36.4 Å². The van der Waals surface area contributed by atoms with Gasteiger partial charge in [0.05, 0.1) is 11.9 Å². The summed E-state index contributed by atoms with van der Waals surface area (Å²) in [4.78, 5) is 28.2. The largest absolute Gasteiger partial charge is 0.486 e. The van der Waals surface area contributed by atoms with Crippen LogP contribution in [-0.2, 0) is 26.2 Å². The molecule has 1 aliphatic rings. The third-order valence-electron chi connectivity index (χ3n) is 6.43. The van der Waals surface area contributed by atoms with Crippen LogP contribution in [0.25, 0.3) is 0 Å². The third-order valence-corrected chi connectivity index (χ3v) is 8.33. The zero-order valence-electron chi connectivity index (χ0n) is 23.3. The Morgan fingerprint density at radius 1 is 1.05 bits per heavy atom. The molecule has 0 aliphatic carbocycles. The lowest BCUT2D eigenvalue weighted by Crippen LogP contribution is -2.49. The average Bonchev–Trinajstić information content (AvgIpc) is 2.90. The molecule has 0 radical (unpaired) electrons. The van der Waals surface area contributed by atoms with Crippen LogP contribution in [0.1, 0.15) is 45.6 Å². The summed E-state index contributed by atoms with van der Waals surface area (Å²) in [5.74, 6) is 0.689. The van der Waals surface area contributed by atoms with Gasteiger partial charge in [0.1, 0.15) is 19.3 Å². The molecule has 1 aliphatic heterocycles. The molecule has 0 spiro atoms. The van der Waals surface area contributed by atoms with Crippen molar-refractivity contribution in [2.24, 2.45) is 5.92 Å². The van der Waals surface area contributed by atoms with Gasteiger partial charge in [-0.05, 0) is 43.0 Å². The summed E-state index contributed by atoms with van der Waals surface area (Å²) < 4.78 is 37.7. The van der Waals surface area contributed by atoms with E-state index in [1.807, 2.05) is 20.8 Å². The number of halogens is 2. The van der Waals surface area contributed by atoms with Crippen LogP contribution >= 0.6 is 23.2 Å². The molecule has 0 saturated heterocycles. The molecule has 2 amide bonds. The van der Waals surface area contributed by atoms with Gasteiger partial charge in [-0.3, -0.25) is 13.9 Å². The van der Waals surface area contributed by atoms with Crippen LogP contribution in [-0.4, -0.2) is 63.7 Å². The number of hydrogen-bond donors (Lipinski definition) is 1. The molecule has 40 heavy (non-hydrogen) atoms. The maximum atomic E-state index is 13.6. The maximum Gasteiger partial charge on any atom is 0.242 e. The molecule has 3 rings (SSSR count). The summed E-state index contributed by atoms with van der Waals surface area (Å²) in [7, 11) is -3.66. The second kappa shape index (κ2) is 14.3. The van der Waals surface area contributed by atoms with Crippen molar-refractivity contribution in [1.82, 2.24) is 10.2 Å². The van der Waals surface area contributed by atoms with Gasteiger partial charge in [-0.15, -0.1) is 0 Å². The van der Waals surface area contributed by atoms with Gasteiger partial charge in [0.2, 0.25) is 21.8 Å². The van der Waals surface area contributed by atoms with Gasteiger partial charge in [-0.2, -0.15) is 0 Å². The Morgan fingerprint density at radius 2 is 1.70 bits per heavy atom. The minimum atomic E-state index is -3.66. The van der Waals surface area contributed by atoms with E-state index in [0.29, 0.717) is 59.0 Å². The summed E-state index contributed by atoms with van der Waals surface area (Å²) >= 11 is 12.8. The quantitative estimate of drug-likeness (QED) is 0.345. The molecule has 0 unspecified atom stereocenters. The summed E-state index contributed by atoms with van der Waals surface area (Å²) in [5.41, 5.74) is 0.960. The van der Waals surface area contributed by atoms with Crippen LogP contribution in [0, 0.1) is 5.92 Å². The van der Waals surface area contributed by atoms with Gasteiger partial charge in [0.25, 0.3) is 0 Å². The minimum Gasteiger partial charge on any atom is -0.486 e. The van der Waals surface area contributed by atoms with E-state index in [0.717, 1.165) is 6.26 Å². The van der Waals surface area contributed by atoms with Crippen LogP contribution in [0.2, 0.25) is 10.0 Å². The van der Waals surface area contributed by atoms with Crippen molar-refractivity contribution in [3.63, 3.8) is 0 Å². The zero-order chi connectivity index (χ0) is 29.4. The first-order valence-corrected chi connectivity index (χ1v) is 15.9. The van der Waals surface area contributed by atoms with Crippen molar-refractivity contribution in [3.05, 3.63) is 52.0 Å². The molecule has 2 aromatic carbocycles. The molecule has 2 aromatic rings. The van der Waals surface area contributed by atoms with Crippen LogP contribution < -0.4 is 19.1 Å². The number of sulfonamides is 1. The fourth-order valence-electron chi connectivity index (χ4n) is 4.39. The highest BCUT2D eigenvalue weighted by atomic mass is 35.5. The van der Waals surface area contributed by atoms with E-state index in [2.05, 4.69) is 5.32 Å². The number of fused-ring (bicyclic) bond motifs is 1. The molecule has 1 heterocycles. The number of nitrogens with one attached hydrogen (secondary N) is 1. The highest BCUT2D eigenvalue weighted by Crippen LogP contribution is 2.35. The highest BCUT2D eigenvalue weighted by molar-refractivity contribution is 7.92. The number of carbonyl (C=O) groups is 2. The lowest BCUT2D eigenvalue weighted by molar-refractivity contribution is -0.141. The third kappa shape index (κ3) is 8.41. The van der Waals surface area contributed by atoms with Gasteiger partial charge < -0.3 is 19.7 Å². The Kier molecular flexibility index (Phi) is 11.4. The smallest absolute Gasteiger partial charge is 0.242 e. The first kappa shape index (κ1) is 31.8. The molecule has 0 fully saturated rings. The molecular formula is C28H37Cl2N3O6S. The second-order valence-electron chi connectivity index (χ2n) is 10.1. The van der Waals surface area contributed by atoms with E-state index < -0.39 is 16.1 Å². The van der Waals surface area contributed by atoms with Gasteiger partial charge in [-0.25, -0.2) is 8.42 Å². The Bertz CT molecular complexity index is 1280. The summed E-state index contributed by atoms with van der Waals surface area (Å²) in [6, 6.07) is 9.27. The number of ether oxygens (including phenoxy) is 2. The van der Waals surface area contributed by atoms with E-state index in [4.69, 9.17) is 32.7 Å². The van der Waals surface area contributed by atoms with Crippen molar-refractivity contribution in [3.8, 4) is 11.5 Å². The SMILES string of the molecule is CC[C@@H](C(=O)NCC(C)C)N(Cc1c(Cl)cccc1Cl)C(=O)CCCN(c1ccc2c(c1)OCCO2)S(C)(=O)=O. The summed E-state index contributed by atoms with van der Waals surface area (Å²) in [5, 5.41) is 3.70. The van der Waals surface area contributed by atoms with E-state index in [1.54, 1.807) is 36.4 Å². The monoisotopic (exact) mass is 613 g/mol. The van der Waals surface area contributed by atoms with Crippen molar-refractivity contribution in [2.45, 2.75) is 52.6 Å².